The number of methoxy groups -OCH3 is 1. The second-order valence-corrected chi connectivity index (χ2v) is 13.8. The third kappa shape index (κ3) is 5.17. The molecule has 5 heteroatoms. The summed E-state index contributed by atoms with van der Waals surface area (Å²) in [4.78, 5) is 2.42. The number of aliphatic hydroxyl groups excluding tert-OH is 1. The van der Waals surface area contributed by atoms with Crippen molar-refractivity contribution in [1.29, 1.82) is 0 Å². The average Bonchev–Trinajstić information content (AvgIpc) is 3.02. The van der Waals surface area contributed by atoms with E-state index in [9.17, 15) is 5.11 Å². The Hall–Kier alpha value is -0.723. The number of hydrogen-bond acceptors (Lipinski definition) is 4. The minimum absolute atomic E-state index is 0.0522. The Morgan fingerprint density at radius 2 is 1.88 bits per heavy atom. The summed E-state index contributed by atoms with van der Waals surface area (Å²) in [7, 11) is -0.134. The third-order valence-electron chi connectivity index (χ3n) is 6.07. The lowest BCUT2D eigenvalue weighted by molar-refractivity contribution is -0.00591. The first-order chi connectivity index (χ1) is 12.2. The molecule has 0 aliphatic carbocycles. The van der Waals surface area contributed by atoms with Gasteiger partial charge in [-0.3, -0.25) is 4.90 Å². The van der Waals surface area contributed by atoms with Gasteiger partial charge in [-0.1, -0.05) is 51.1 Å². The summed E-state index contributed by atoms with van der Waals surface area (Å²) in [6.07, 6.45) is 1.71. The summed E-state index contributed by atoms with van der Waals surface area (Å²) in [6.45, 7) is 13.2. The standard InChI is InChI=1S/C21H37NO3Si/c1-21(2,3)26(5,6)25-16-19(23)20(17-11-8-7-9-12-17)22-14-10-13-18(22)15-24-4/h7-9,11-12,18-20,23H,10,13-16H2,1-6H3/t18-,19-,20+/m0/s1. The fourth-order valence-corrected chi connectivity index (χ4v) is 4.50. The topological polar surface area (TPSA) is 41.9 Å². The normalized spacial score (nSPS) is 21.7. The highest BCUT2D eigenvalue weighted by atomic mass is 28.4. The van der Waals surface area contributed by atoms with Crippen molar-refractivity contribution >= 4 is 8.32 Å². The van der Waals surface area contributed by atoms with Crippen LogP contribution in [0.5, 0.6) is 0 Å². The number of hydrogen-bond donors (Lipinski definition) is 1. The molecule has 1 heterocycles. The highest BCUT2D eigenvalue weighted by Gasteiger charge is 2.40. The van der Waals surface area contributed by atoms with Gasteiger partial charge in [-0.15, -0.1) is 0 Å². The summed E-state index contributed by atoms with van der Waals surface area (Å²) >= 11 is 0. The van der Waals surface area contributed by atoms with Crippen molar-refractivity contribution in [3.8, 4) is 0 Å². The van der Waals surface area contributed by atoms with Crippen LogP contribution in [-0.4, -0.2) is 57.3 Å². The van der Waals surface area contributed by atoms with Crippen LogP contribution >= 0.6 is 0 Å². The highest BCUT2D eigenvalue weighted by Crippen LogP contribution is 2.38. The first-order valence-corrected chi connectivity index (χ1v) is 12.7. The third-order valence-corrected chi connectivity index (χ3v) is 10.6. The maximum Gasteiger partial charge on any atom is 0.192 e. The van der Waals surface area contributed by atoms with E-state index in [4.69, 9.17) is 9.16 Å². The van der Waals surface area contributed by atoms with Gasteiger partial charge >= 0.3 is 0 Å². The molecule has 1 aromatic carbocycles. The molecule has 26 heavy (non-hydrogen) atoms. The molecule has 1 aliphatic rings. The Kier molecular flexibility index (Phi) is 7.45. The van der Waals surface area contributed by atoms with E-state index in [0.29, 0.717) is 19.3 Å². The molecule has 2 rings (SSSR count). The lowest BCUT2D eigenvalue weighted by Gasteiger charge is -2.40. The molecule has 1 saturated heterocycles. The van der Waals surface area contributed by atoms with Crippen LogP contribution in [0.4, 0.5) is 0 Å². The zero-order valence-corrected chi connectivity index (χ0v) is 18.4. The summed E-state index contributed by atoms with van der Waals surface area (Å²) in [6, 6.07) is 10.6. The molecule has 0 aromatic heterocycles. The van der Waals surface area contributed by atoms with Crippen LogP contribution in [0.3, 0.4) is 0 Å². The molecule has 3 atom stereocenters. The maximum absolute atomic E-state index is 11.2. The monoisotopic (exact) mass is 379 g/mol. The Bertz CT molecular complexity index is 544. The van der Waals surface area contributed by atoms with E-state index in [1.165, 1.54) is 0 Å². The van der Waals surface area contributed by atoms with Gasteiger partial charge in [0, 0.05) is 13.2 Å². The van der Waals surface area contributed by atoms with Crippen molar-refractivity contribution in [2.24, 2.45) is 0 Å². The fourth-order valence-electron chi connectivity index (χ4n) is 3.48. The van der Waals surface area contributed by atoms with Crippen LogP contribution in [0.25, 0.3) is 0 Å². The number of benzene rings is 1. The molecule has 1 N–H and O–H groups in total. The molecular weight excluding hydrogens is 342 g/mol. The first kappa shape index (κ1) is 21.6. The Morgan fingerprint density at radius 3 is 2.46 bits per heavy atom. The fraction of sp³-hybridized carbons (Fsp3) is 0.714. The zero-order chi connectivity index (χ0) is 19.4. The van der Waals surface area contributed by atoms with E-state index in [1.807, 2.05) is 18.2 Å². The summed E-state index contributed by atoms with van der Waals surface area (Å²) in [5.74, 6) is 0. The van der Waals surface area contributed by atoms with Crippen LogP contribution in [0.15, 0.2) is 30.3 Å². The number of rotatable bonds is 8. The van der Waals surface area contributed by atoms with Crippen molar-refractivity contribution in [1.82, 2.24) is 4.90 Å². The SMILES string of the molecule is COC[C@@H]1CCCN1[C@H](c1ccccc1)[C@@H](O)CO[Si](C)(C)C(C)(C)C. The van der Waals surface area contributed by atoms with Crippen molar-refractivity contribution in [3.05, 3.63) is 35.9 Å². The van der Waals surface area contributed by atoms with E-state index >= 15 is 0 Å². The second-order valence-electron chi connectivity index (χ2n) is 8.98. The first-order valence-electron chi connectivity index (χ1n) is 9.79. The minimum atomic E-state index is -1.89. The molecule has 1 aromatic rings. The molecule has 1 aliphatic heterocycles. The van der Waals surface area contributed by atoms with Gasteiger partial charge in [-0.05, 0) is 43.1 Å². The van der Waals surface area contributed by atoms with E-state index in [0.717, 1.165) is 24.9 Å². The van der Waals surface area contributed by atoms with Crippen LogP contribution in [0.2, 0.25) is 18.1 Å². The van der Waals surface area contributed by atoms with Gasteiger partial charge in [0.1, 0.15) is 0 Å². The van der Waals surface area contributed by atoms with Crippen molar-refractivity contribution < 1.29 is 14.3 Å². The largest absolute Gasteiger partial charge is 0.414 e. The number of nitrogens with zero attached hydrogens (tertiary/aromatic N) is 1. The molecule has 0 radical (unpaired) electrons. The Balaban J connectivity index is 2.19. The number of aliphatic hydroxyl groups is 1. The van der Waals surface area contributed by atoms with Gasteiger partial charge in [0.15, 0.2) is 8.32 Å². The summed E-state index contributed by atoms with van der Waals surface area (Å²) < 4.78 is 11.8. The molecule has 0 amide bonds. The molecule has 4 nitrogen and oxygen atoms in total. The Labute approximate surface area is 160 Å². The lowest BCUT2D eigenvalue weighted by Crippen LogP contribution is -2.47. The quantitative estimate of drug-likeness (QED) is 0.687. The molecule has 1 fully saturated rings. The van der Waals surface area contributed by atoms with E-state index in [-0.39, 0.29) is 11.1 Å². The number of ether oxygens (including phenoxy) is 1. The molecule has 148 valence electrons. The van der Waals surface area contributed by atoms with Gasteiger partial charge in [0.25, 0.3) is 0 Å². The van der Waals surface area contributed by atoms with Gasteiger partial charge < -0.3 is 14.3 Å². The second kappa shape index (κ2) is 8.98. The van der Waals surface area contributed by atoms with Gasteiger partial charge in [-0.25, -0.2) is 0 Å². The molecule has 0 spiro atoms. The zero-order valence-electron chi connectivity index (χ0n) is 17.4. The van der Waals surface area contributed by atoms with E-state index in [2.05, 4.69) is 50.9 Å². The van der Waals surface area contributed by atoms with Crippen LogP contribution in [0, 0.1) is 0 Å². The summed E-state index contributed by atoms with van der Waals surface area (Å²) in [5.41, 5.74) is 1.15. The highest BCUT2D eigenvalue weighted by molar-refractivity contribution is 6.74. The van der Waals surface area contributed by atoms with Crippen molar-refractivity contribution in [2.75, 3.05) is 26.9 Å². The molecule has 0 unspecified atom stereocenters. The summed E-state index contributed by atoms with van der Waals surface area (Å²) in [5, 5.41) is 11.3. The van der Waals surface area contributed by atoms with E-state index < -0.39 is 14.4 Å². The number of likely N-dealkylation sites (tertiary alicyclic amines) is 1. The van der Waals surface area contributed by atoms with Crippen molar-refractivity contribution in [2.45, 2.75) is 69.9 Å². The minimum Gasteiger partial charge on any atom is -0.414 e. The predicted octanol–water partition coefficient (Wildman–Crippen LogP) is 4.22. The van der Waals surface area contributed by atoms with Gasteiger partial charge in [0.05, 0.1) is 25.4 Å². The van der Waals surface area contributed by atoms with Crippen LogP contribution in [-0.2, 0) is 9.16 Å². The van der Waals surface area contributed by atoms with Gasteiger partial charge in [0.2, 0.25) is 0 Å². The van der Waals surface area contributed by atoms with Crippen LogP contribution in [0.1, 0.15) is 45.2 Å². The maximum atomic E-state index is 11.2. The van der Waals surface area contributed by atoms with Crippen LogP contribution < -0.4 is 0 Å². The average molecular weight is 380 g/mol. The lowest BCUT2D eigenvalue weighted by atomic mass is 9.99. The van der Waals surface area contributed by atoms with Gasteiger partial charge in [-0.2, -0.15) is 0 Å². The van der Waals surface area contributed by atoms with Crippen molar-refractivity contribution in [3.63, 3.8) is 0 Å². The molecule has 0 saturated carbocycles. The molecule has 0 bridgehead atoms. The predicted molar refractivity (Wildman–Crippen MR) is 110 cm³/mol. The smallest absolute Gasteiger partial charge is 0.192 e. The molecular formula is C21H37NO3Si. The Morgan fingerprint density at radius 1 is 1.23 bits per heavy atom. The van der Waals surface area contributed by atoms with E-state index in [1.54, 1.807) is 7.11 Å².